The second kappa shape index (κ2) is 10.2. The summed E-state index contributed by atoms with van der Waals surface area (Å²) in [6.45, 7) is 1.36. The van der Waals surface area contributed by atoms with Gasteiger partial charge in [-0.1, -0.05) is 35.9 Å². The van der Waals surface area contributed by atoms with Gasteiger partial charge in [0, 0.05) is 17.3 Å². The SMILES string of the molecule is Cc1ccc(/C=C/S(=O)(=O)NCC(=O)OCC(=O)N(C)Cc2cccs2)cc1. The maximum Gasteiger partial charge on any atom is 0.321 e. The Morgan fingerprint density at radius 2 is 1.93 bits per heavy atom. The Labute approximate surface area is 168 Å². The Morgan fingerprint density at radius 3 is 2.57 bits per heavy atom. The Morgan fingerprint density at radius 1 is 1.21 bits per heavy atom. The van der Waals surface area contributed by atoms with Crippen LogP contribution in [0.1, 0.15) is 16.0 Å². The van der Waals surface area contributed by atoms with Gasteiger partial charge >= 0.3 is 5.97 Å². The fourth-order valence-corrected chi connectivity index (χ4v) is 3.59. The molecule has 0 saturated carbocycles. The number of carbonyl (C=O) groups is 2. The van der Waals surface area contributed by atoms with Crippen LogP contribution in [0.2, 0.25) is 0 Å². The zero-order valence-corrected chi connectivity index (χ0v) is 17.3. The molecule has 0 aliphatic carbocycles. The normalized spacial score (nSPS) is 11.5. The highest BCUT2D eigenvalue weighted by molar-refractivity contribution is 7.92. The van der Waals surface area contributed by atoms with Gasteiger partial charge in [-0.3, -0.25) is 9.59 Å². The van der Waals surface area contributed by atoms with Gasteiger partial charge in [-0.05, 0) is 30.0 Å². The topological polar surface area (TPSA) is 92.8 Å². The summed E-state index contributed by atoms with van der Waals surface area (Å²) in [5.41, 5.74) is 1.79. The lowest BCUT2D eigenvalue weighted by atomic mass is 10.2. The molecule has 1 heterocycles. The summed E-state index contributed by atoms with van der Waals surface area (Å²) in [5.74, 6) is -1.20. The maximum atomic E-state index is 12.0. The predicted molar refractivity (Wildman–Crippen MR) is 109 cm³/mol. The number of benzene rings is 1. The van der Waals surface area contributed by atoms with E-state index in [1.54, 1.807) is 19.2 Å². The lowest BCUT2D eigenvalue weighted by Crippen LogP contribution is -2.34. The first-order valence-corrected chi connectivity index (χ1v) is 10.8. The molecular weight excluding hydrogens is 400 g/mol. The number of aryl methyl sites for hydroxylation is 1. The summed E-state index contributed by atoms with van der Waals surface area (Å²) in [6, 6.07) is 11.1. The molecule has 2 aromatic rings. The van der Waals surface area contributed by atoms with Crippen molar-refractivity contribution in [2.75, 3.05) is 20.2 Å². The van der Waals surface area contributed by atoms with E-state index in [2.05, 4.69) is 4.72 Å². The van der Waals surface area contributed by atoms with Crippen LogP contribution in [-0.4, -0.2) is 45.4 Å². The number of sulfonamides is 1. The van der Waals surface area contributed by atoms with E-state index in [-0.39, 0.29) is 5.91 Å². The molecule has 0 aliphatic rings. The Kier molecular flexibility index (Phi) is 7.91. The maximum absolute atomic E-state index is 12.0. The number of rotatable bonds is 9. The zero-order valence-electron chi connectivity index (χ0n) is 15.6. The van der Waals surface area contributed by atoms with Crippen LogP contribution in [0.3, 0.4) is 0 Å². The fraction of sp³-hybridized carbons (Fsp3) is 0.263. The van der Waals surface area contributed by atoms with Crippen LogP contribution in [0.5, 0.6) is 0 Å². The number of hydrogen-bond acceptors (Lipinski definition) is 6. The highest BCUT2D eigenvalue weighted by Crippen LogP contribution is 2.11. The lowest BCUT2D eigenvalue weighted by Gasteiger charge is -2.16. The number of esters is 1. The average molecular weight is 423 g/mol. The van der Waals surface area contributed by atoms with Crippen LogP contribution in [-0.2, 0) is 30.9 Å². The number of nitrogens with zero attached hydrogens (tertiary/aromatic N) is 1. The van der Waals surface area contributed by atoms with Gasteiger partial charge in [-0.25, -0.2) is 13.1 Å². The average Bonchev–Trinajstić information content (AvgIpc) is 3.17. The number of ether oxygens (including phenoxy) is 1. The van der Waals surface area contributed by atoms with E-state index in [9.17, 15) is 18.0 Å². The van der Waals surface area contributed by atoms with Crippen LogP contribution >= 0.6 is 11.3 Å². The van der Waals surface area contributed by atoms with Crippen molar-refractivity contribution in [3.05, 3.63) is 63.2 Å². The zero-order chi connectivity index (χ0) is 20.6. The highest BCUT2D eigenvalue weighted by atomic mass is 32.2. The van der Waals surface area contributed by atoms with Gasteiger partial charge in [-0.2, -0.15) is 0 Å². The van der Waals surface area contributed by atoms with Crippen molar-refractivity contribution in [3.8, 4) is 0 Å². The van der Waals surface area contributed by atoms with Crippen molar-refractivity contribution in [1.29, 1.82) is 0 Å². The van der Waals surface area contributed by atoms with E-state index in [0.29, 0.717) is 6.54 Å². The molecule has 0 atom stereocenters. The largest absolute Gasteiger partial charge is 0.455 e. The monoisotopic (exact) mass is 422 g/mol. The van der Waals surface area contributed by atoms with Gasteiger partial charge in [-0.15, -0.1) is 11.3 Å². The third-order valence-corrected chi connectivity index (χ3v) is 5.59. The van der Waals surface area contributed by atoms with E-state index >= 15 is 0 Å². The van der Waals surface area contributed by atoms with Gasteiger partial charge in [0.1, 0.15) is 6.54 Å². The van der Waals surface area contributed by atoms with E-state index in [0.717, 1.165) is 21.4 Å². The first-order valence-electron chi connectivity index (χ1n) is 8.41. The second-order valence-corrected chi connectivity index (χ2v) is 8.75. The molecule has 0 unspecified atom stereocenters. The van der Waals surface area contributed by atoms with E-state index in [1.165, 1.54) is 22.3 Å². The molecule has 0 spiro atoms. The number of thiophene rings is 1. The summed E-state index contributed by atoms with van der Waals surface area (Å²) < 4.78 is 30.8. The quantitative estimate of drug-likeness (QED) is 0.625. The number of amides is 1. The summed E-state index contributed by atoms with van der Waals surface area (Å²) in [5, 5.41) is 2.89. The Balaban J connectivity index is 1.74. The van der Waals surface area contributed by atoms with E-state index in [4.69, 9.17) is 4.74 Å². The van der Waals surface area contributed by atoms with Gasteiger partial charge < -0.3 is 9.64 Å². The molecule has 1 N–H and O–H groups in total. The predicted octanol–water partition coefficient (Wildman–Crippen LogP) is 2.15. The smallest absolute Gasteiger partial charge is 0.321 e. The molecule has 0 bridgehead atoms. The van der Waals surface area contributed by atoms with Crippen molar-refractivity contribution < 1.29 is 22.7 Å². The van der Waals surface area contributed by atoms with Gasteiger partial charge in [0.2, 0.25) is 10.0 Å². The lowest BCUT2D eigenvalue weighted by molar-refractivity contribution is -0.150. The van der Waals surface area contributed by atoms with Crippen molar-refractivity contribution >= 4 is 39.3 Å². The van der Waals surface area contributed by atoms with Gasteiger partial charge in [0.05, 0.1) is 6.54 Å². The first-order chi connectivity index (χ1) is 13.2. The van der Waals surface area contributed by atoms with Gasteiger partial charge in [0.15, 0.2) is 6.61 Å². The molecule has 0 fully saturated rings. The highest BCUT2D eigenvalue weighted by Gasteiger charge is 2.14. The van der Waals surface area contributed by atoms with E-state index < -0.39 is 29.1 Å². The second-order valence-electron chi connectivity index (χ2n) is 6.07. The Hall–Kier alpha value is -2.49. The summed E-state index contributed by atoms with van der Waals surface area (Å²) in [6.07, 6.45) is 1.43. The molecule has 7 nitrogen and oxygen atoms in total. The van der Waals surface area contributed by atoms with Crippen LogP contribution in [0, 0.1) is 6.92 Å². The minimum atomic E-state index is -3.80. The van der Waals surface area contributed by atoms with Crippen molar-refractivity contribution in [3.63, 3.8) is 0 Å². The number of carbonyl (C=O) groups excluding carboxylic acids is 2. The molecule has 1 aromatic carbocycles. The van der Waals surface area contributed by atoms with Crippen LogP contribution in [0.25, 0.3) is 6.08 Å². The molecule has 0 aliphatic heterocycles. The molecular formula is C19H22N2O5S2. The van der Waals surface area contributed by atoms with Crippen LogP contribution in [0.4, 0.5) is 0 Å². The van der Waals surface area contributed by atoms with Gasteiger partial charge in [0.25, 0.3) is 5.91 Å². The molecule has 150 valence electrons. The molecule has 2 rings (SSSR count). The fourth-order valence-electron chi connectivity index (χ4n) is 2.08. The molecule has 0 saturated heterocycles. The number of likely N-dealkylation sites (N-methyl/N-ethyl adjacent to an activating group) is 1. The first kappa shape index (κ1) is 21.8. The molecule has 1 aromatic heterocycles. The number of nitrogens with one attached hydrogen (secondary N) is 1. The van der Waals surface area contributed by atoms with Crippen LogP contribution in [0.15, 0.2) is 47.2 Å². The molecule has 28 heavy (non-hydrogen) atoms. The molecule has 9 heteroatoms. The van der Waals surface area contributed by atoms with Crippen LogP contribution < -0.4 is 4.72 Å². The third-order valence-electron chi connectivity index (χ3n) is 3.69. The van der Waals surface area contributed by atoms with Crippen molar-refractivity contribution in [2.45, 2.75) is 13.5 Å². The molecule has 0 radical (unpaired) electrons. The number of hydrogen-bond donors (Lipinski definition) is 1. The minimum absolute atomic E-state index is 0.371. The Bertz CT molecular complexity index is 920. The summed E-state index contributed by atoms with van der Waals surface area (Å²) in [7, 11) is -2.19. The van der Waals surface area contributed by atoms with Crippen molar-refractivity contribution in [1.82, 2.24) is 9.62 Å². The van der Waals surface area contributed by atoms with E-state index in [1.807, 2.05) is 36.6 Å². The minimum Gasteiger partial charge on any atom is -0.455 e. The standard InChI is InChI=1S/C19H22N2O5S2/c1-15-5-7-16(8-6-15)9-11-28(24,25)20-12-19(23)26-14-18(22)21(2)13-17-4-3-10-27-17/h3-11,20H,12-14H2,1-2H3/b11-9+. The summed E-state index contributed by atoms with van der Waals surface area (Å²) >= 11 is 1.52. The third kappa shape index (κ3) is 7.63. The molecule has 1 amide bonds. The summed E-state index contributed by atoms with van der Waals surface area (Å²) in [4.78, 5) is 26.1. The van der Waals surface area contributed by atoms with Crippen molar-refractivity contribution in [2.24, 2.45) is 0 Å².